The van der Waals surface area contributed by atoms with Gasteiger partial charge in [-0.1, -0.05) is 6.92 Å². The molecule has 0 saturated heterocycles. The van der Waals surface area contributed by atoms with E-state index < -0.39 is 23.5 Å². The van der Waals surface area contributed by atoms with Gasteiger partial charge in [-0.25, -0.2) is 0 Å². The van der Waals surface area contributed by atoms with Crippen LogP contribution in [0, 0.1) is 0 Å². The fourth-order valence-corrected chi connectivity index (χ4v) is 0.911. The first-order valence-corrected chi connectivity index (χ1v) is 4.74. The highest BCUT2D eigenvalue weighted by molar-refractivity contribution is 5.87. The van der Waals surface area contributed by atoms with E-state index in [4.69, 9.17) is 4.74 Å². The highest BCUT2D eigenvalue weighted by Gasteiger charge is 2.37. The summed E-state index contributed by atoms with van der Waals surface area (Å²) in [6.07, 6.45) is 0.789. The first kappa shape index (κ1) is 13.6. The molecule has 1 unspecified atom stereocenters. The Balaban J connectivity index is 4.58. The number of esters is 2. The summed E-state index contributed by atoms with van der Waals surface area (Å²) in [5, 5.41) is 0. The van der Waals surface area contributed by atoms with Crippen LogP contribution in [0.15, 0.2) is 0 Å². The van der Waals surface area contributed by atoms with Gasteiger partial charge in [0.2, 0.25) is 5.78 Å². The predicted molar refractivity (Wildman–Crippen MR) is 51.9 cm³/mol. The third kappa shape index (κ3) is 4.58. The number of hydrogen-bond donors (Lipinski definition) is 0. The van der Waals surface area contributed by atoms with Crippen molar-refractivity contribution in [3.63, 3.8) is 0 Å². The lowest BCUT2D eigenvalue weighted by Crippen LogP contribution is -2.43. The SMILES string of the molecule is CCCC(=O)OC(C)(OC(C)=O)C(C)=O. The lowest BCUT2D eigenvalue weighted by Gasteiger charge is -2.25. The van der Waals surface area contributed by atoms with Crippen molar-refractivity contribution < 1.29 is 23.9 Å². The normalized spacial score (nSPS) is 13.9. The smallest absolute Gasteiger partial charge is 0.313 e. The van der Waals surface area contributed by atoms with Gasteiger partial charge in [-0.2, -0.15) is 0 Å². The molecule has 0 N–H and O–H groups in total. The number of ether oxygens (including phenoxy) is 2. The average Bonchev–Trinajstić information content (AvgIpc) is 2.01. The molecule has 0 aliphatic heterocycles. The lowest BCUT2D eigenvalue weighted by atomic mass is 10.2. The third-order valence-electron chi connectivity index (χ3n) is 1.74. The van der Waals surface area contributed by atoms with Crippen LogP contribution in [0.1, 0.15) is 40.5 Å². The van der Waals surface area contributed by atoms with E-state index in [0.717, 1.165) is 6.92 Å². The van der Waals surface area contributed by atoms with Crippen LogP contribution in [0.25, 0.3) is 0 Å². The van der Waals surface area contributed by atoms with Crippen molar-refractivity contribution in [2.45, 2.75) is 46.3 Å². The Kier molecular flexibility index (Phi) is 4.97. The summed E-state index contributed by atoms with van der Waals surface area (Å²) < 4.78 is 9.50. The largest absolute Gasteiger partial charge is 0.415 e. The van der Waals surface area contributed by atoms with Gasteiger partial charge < -0.3 is 9.47 Å². The van der Waals surface area contributed by atoms with Gasteiger partial charge in [-0.3, -0.25) is 14.4 Å². The summed E-state index contributed by atoms with van der Waals surface area (Å²) in [5.74, 6) is -3.55. The number of ketones is 1. The Morgan fingerprint density at radius 2 is 1.67 bits per heavy atom. The highest BCUT2D eigenvalue weighted by atomic mass is 16.7. The van der Waals surface area contributed by atoms with Gasteiger partial charge in [0.1, 0.15) is 0 Å². The van der Waals surface area contributed by atoms with Gasteiger partial charge in [0.15, 0.2) is 0 Å². The Labute approximate surface area is 88.7 Å². The summed E-state index contributed by atoms with van der Waals surface area (Å²) in [5.41, 5.74) is 0. The molecule has 0 aliphatic carbocycles. The maximum absolute atomic E-state index is 11.2. The van der Waals surface area contributed by atoms with Crippen LogP contribution in [0.5, 0.6) is 0 Å². The van der Waals surface area contributed by atoms with Crippen LogP contribution in [0.3, 0.4) is 0 Å². The van der Waals surface area contributed by atoms with Gasteiger partial charge in [-0.05, 0) is 6.42 Å². The summed E-state index contributed by atoms with van der Waals surface area (Å²) in [7, 11) is 0. The van der Waals surface area contributed by atoms with E-state index in [1.54, 1.807) is 6.92 Å². The molecule has 0 bridgehead atoms. The number of rotatable bonds is 5. The standard InChI is InChI=1S/C10H16O5/c1-5-6-9(13)15-10(4,7(2)11)14-8(3)12/h5-6H2,1-4H3. The number of carbonyl (C=O) groups is 3. The summed E-state index contributed by atoms with van der Waals surface area (Å²) >= 11 is 0. The molecule has 0 rings (SSSR count). The fraction of sp³-hybridized carbons (Fsp3) is 0.700. The topological polar surface area (TPSA) is 69.7 Å². The van der Waals surface area contributed by atoms with Crippen molar-refractivity contribution in [2.24, 2.45) is 0 Å². The Hall–Kier alpha value is -1.39. The second-order valence-electron chi connectivity index (χ2n) is 3.32. The van der Waals surface area contributed by atoms with Crippen molar-refractivity contribution in [1.82, 2.24) is 0 Å². The predicted octanol–water partition coefficient (Wildman–Crippen LogP) is 1.20. The third-order valence-corrected chi connectivity index (χ3v) is 1.74. The van der Waals surface area contributed by atoms with E-state index in [9.17, 15) is 14.4 Å². The quantitative estimate of drug-likeness (QED) is 0.510. The molecule has 0 aromatic rings. The maximum Gasteiger partial charge on any atom is 0.313 e. The van der Waals surface area contributed by atoms with Crippen LogP contribution < -0.4 is 0 Å². The minimum Gasteiger partial charge on any atom is -0.415 e. The van der Waals surface area contributed by atoms with Gasteiger partial charge in [0, 0.05) is 27.2 Å². The minimum atomic E-state index is -1.79. The fourth-order valence-electron chi connectivity index (χ4n) is 0.911. The molecule has 86 valence electrons. The molecule has 5 nitrogen and oxygen atoms in total. The maximum atomic E-state index is 11.2. The zero-order valence-corrected chi connectivity index (χ0v) is 9.46. The van der Waals surface area contributed by atoms with E-state index in [1.807, 2.05) is 0 Å². The number of Topliss-reactive ketones (excluding diaryl/α,β-unsaturated/α-hetero) is 1. The summed E-state index contributed by atoms with van der Waals surface area (Å²) in [6, 6.07) is 0. The molecule has 1 atom stereocenters. The van der Waals surface area contributed by atoms with E-state index in [1.165, 1.54) is 13.8 Å². The van der Waals surface area contributed by atoms with Crippen LogP contribution in [0.4, 0.5) is 0 Å². The first-order chi connectivity index (χ1) is 6.81. The molecule has 0 aliphatic rings. The van der Waals surface area contributed by atoms with Gasteiger partial charge in [0.05, 0.1) is 0 Å². The molecule has 0 amide bonds. The van der Waals surface area contributed by atoms with E-state index in [0.29, 0.717) is 6.42 Å². The molecule has 0 aromatic carbocycles. The molecule has 0 saturated carbocycles. The molecule has 0 radical (unpaired) electrons. The second-order valence-corrected chi connectivity index (χ2v) is 3.32. The van der Waals surface area contributed by atoms with Crippen molar-refractivity contribution >= 4 is 17.7 Å². The van der Waals surface area contributed by atoms with Gasteiger partial charge in [-0.15, -0.1) is 0 Å². The summed E-state index contributed by atoms with van der Waals surface area (Å²) in [6.45, 7) is 5.40. The molecule has 0 fully saturated rings. The molecule has 0 aromatic heterocycles. The van der Waals surface area contributed by atoms with Gasteiger partial charge in [0.25, 0.3) is 0 Å². The Morgan fingerprint density at radius 3 is 2.00 bits per heavy atom. The second kappa shape index (κ2) is 5.48. The molecular formula is C10H16O5. The van der Waals surface area contributed by atoms with Crippen LogP contribution >= 0.6 is 0 Å². The van der Waals surface area contributed by atoms with E-state index >= 15 is 0 Å². The zero-order chi connectivity index (χ0) is 12.1. The van der Waals surface area contributed by atoms with Crippen molar-refractivity contribution in [2.75, 3.05) is 0 Å². The van der Waals surface area contributed by atoms with Crippen molar-refractivity contribution in [3.8, 4) is 0 Å². The van der Waals surface area contributed by atoms with E-state index in [-0.39, 0.29) is 6.42 Å². The monoisotopic (exact) mass is 216 g/mol. The zero-order valence-electron chi connectivity index (χ0n) is 9.46. The lowest BCUT2D eigenvalue weighted by molar-refractivity contribution is -0.218. The summed E-state index contributed by atoms with van der Waals surface area (Å²) in [4.78, 5) is 33.1. The molecule has 5 heteroatoms. The minimum absolute atomic E-state index is 0.185. The number of hydrogen-bond acceptors (Lipinski definition) is 5. The molecule has 0 heterocycles. The van der Waals surface area contributed by atoms with Crippen molar-refractivity contribution in [3.05, 3.63) is 0 Å². The first-order valence-electron chi connectivity index (χ1n) is 4.74. The Morgan fingerprint density at radius 1 is 1.13 bits per heavy atom. The van der Waals surface area contributed by atoms with Crippen LogP contribution in [-0.4, -0.2) is 23.5 Å². The van der Waals surface area contributed by atoms with Crippen LogP contribution in [-0.2, 0) is 23.9 Å². The average molecular weight is 216 g/mol. The molecular weight excluding hydrogens is 200 g/mol. The van der Waals surface area contributed by atoms with Crippen LogP contribution in [0.2, 0.25) is 0 Å². The highest BCUT2D eigenvalue weighted by Crippen LogP contribution is 2.15. The van der Waals surface area contributed by atoms with Crippen molar-refractivity contribution in [1.29, 1.82) is 0 Å². The molecule has 0 spiro atoms. The number of carbonyl (C=O) groups excluding carboxylic acids is 3. The Bertz CT molecular complexity index is 271. The van der Waals surface area contributed by atoms with Gasteiger partial charge >= 0.3 is 17.7 Å². The molecule has 15 heavy (non-hydrogen) atoms. The van der Waals surface area contributed by atoms with E-state index in [2.05, 4.69) is 4.74 Å².